The average molecular weight is 339 g/mol. The summed E-state index contributed by atoms with van der Waals surface area (Å²) < 4.78 is 11.3. The summed E-state index contributed by atoms with van der Waals surface area (Å²) in [5.74, 6) is 1.54. The van der Waals surface area contributed by atoms with Crippen molar-refractivity contribution in [2.75, 3.05) is 60.1 Å². The van der Waals surface area contributed by atoms with Crippen molar-refractivity contribution in [3.63, 3.8) is 0 Å². The van der Waals surface area contributed by atoms with Crippen LogP contribution in [0.4, 0.5) is 0 Å². The van der Waals surface area contributed by atoms with Gasteiger partial charge < -0.3 is 14.4 Å². The molecule has 4 nitrogen and oxygen atoms in total. The van der Waals surface area contributed by atoms with Gasteiger partial charge in [-0.1, -0.05) is 11.6 Å². The molecule has 2 aliphatic rings. The number of halogens is 1. The predicted molar refractivity (Wildman–Crippen MR) is 93.3 cm³/mol. The molecule has 0 amide bonds. The van der Waals surface area contributed by atoms with Crippen LogP contribution in [0.1, 0.15) is 6.42 Å². The monoisotopic (exact) mass is 338 g/mol. The Morgan fingerprint density at radius 3 is 2.78 bits per heavy atom. The highest BCUT2D eigenvalue weighted by molar-refractivity contribution is 6.30. The Hall–Kier alpha value is -0.810. The predicted octanol–water partition coefficient (Wildman–Crippen LogP) is 2.62. The Bertz CT molecular complexity index is 510. The topological polar surface area (TPSA) is 24.9 Å². The number of methoxy groups -OCH3 is 1. The van der Waals surface area contributed by atoms with E-state index in [9.17, 15) is 0 Å². The number of benzene rings is 1. The second-order valence-electron chi connectivity index (χ2n) is 7.04. The summed E-state index contributed by atoms with van der Waals surface area (Å²) in [7, 11) is 4.04. The van der Waals surface area contributed by atoms with E-state index in [1.54, 1.807) is 0 Å². The molecule has 0 radical (unpaired) electrons. The number of likely N-dealkylation sites (tertiary alicyclic amines) is 2. The lowest BCUT2D eigenvalue weighted by atomic mass is 9.78. The number of rotatable bonds is 6. The molecule has 0 N–H and O–H groups in total. The molecule has 0 unspecified atom stereocenters. The quantitative estimate of drug-likeness (QED) is 0.796. The van der Waals surface area contributed by atoms with E-state index < -0.39 is 0 Å². The second-order valence-corrected chi connectivity index (χ2v) is 7.48. The summed E-state index contributed by atoms with van der Waals surface area (Å²) in [4.78, 5) is 5.00. The fraction of sp³-hybridized carbons (Fsp3) is 0.667. The van der Waals surface area contributed by atoms with Crippen LogP contribution in [0.25, 0.3) is 0 Å². The van der Waals surface area contributed by atoms with E-state index in [2.05, 4.69) is 16.8 Å². The third-order valence-electron chi connectivity index (χ3n) is 5.31. The largest absolute Gasteiger partial charge is 0.492 e. The van der Waals surface area contributed by atoms with E-state index >= 15 is 0 Å². The number of hydrogen-bond donors (Lipinski definition) is 0. The first kappa shape index (κ1) is 17.0. The van der Waals surface area contributed by atoms with Gasteiger partial charge >= 0.3 is 0 Å². The second kappa shape index (κ2) is 7.39. The van der Waals surface area contributed by atoms with Gasteiger partial charge in [0, 0.05) is 49.6 Å². The van der Waals surface area contributed by atoms with Crippen molar-refractivity contribution in [1.82, 2.24) is 9.80 Å². The van der Waals surface area contributed by atoms with Crippen LogP contribution >= 0.6 is 11.6 Å². The van der Waals surface area contributed by atoms with Gasteiger partial charge in [0.1, 0.15) is 12.4 Å². The maximum atomic E-state index is 5.89. The molecule has 0 aliphatic carbocycles. The number of hydrogen-bond acceptors (Lipinski definition) is 4. The Labute approximate surface area is 144 Å². The highest BCUT2D eigenvalue weighted by Crippen LogP contribution is 2.43. The molecule has 5 heteroatoms. The van der Waals surface area contributed by atoms with E-state index in [-0.39, 0.29) is 0 Å². The zero-order valence-corrected chi connectivity index (χ0v) is 14.9. The van der Waals surface area contributed by atoms with Crippen LogP contribution in [0, 0.1) is 11.3 Å². The van der Waals surface area contributed by atoms with E-state index in [0.29, 0.717) is 11.3 Å². The van der Waals surface area contributed by atoms with E-state index in [1.807, 2.05) is 31.4 Å². The SMILES string of the molecule is COC[C@H]1CN(C)C[C@@]12CCN(CCOc1ccc(Cl)cc1)C2. The van der Waals surface area contributed by atoms with Crippen molar-refractivity contribution >= 4 is 11.6 Å². The molecule has 2 atom stereocenters. The van der Waals surface area contributed by atoms with Gasteiger partial charge in [0.2, 0.25) is 0 Å². The molecule has 3 rings (SSSR count). The molecule has 2 saturated heterocycles. The van der Waals surface area contributed by atoms with Crippen molar-refractivity contribution in [3.8, 4) is 5.75 Å². The van der Waals surface area contributed by atoms with E-state index in [0.717, 1.165) is 50.2 Å². The van der Waals surface area contributed by atoms with Crippen molar-refractivity contribution in [3.05, 3.63) is 29.3 Å². The van der Waals surface area contributed by atoms with Crippen LogP contribution in [0.5, 0.6) is 5.75 Å². The van der Waals surface area contributed by atoms with Crippen LogP contribution in [0.2, 0.25) is 5.02 Å². The average Bonchev–Trinajstić information content (AvgIpc) is 3.06. The van der Waals surface area contributed by atoms with Gasteiger partial charge in [-0.25, -0.2) is 0 Å². The van der Waals surface area contributed by atoms with Crippen LogP contribution in [-0.2, 0) is 4.74 Å². The smallest absolute Gasteiger partial charge is 0.119 e. The highest BCUT2D eigenvalue weighted by Gasteiger charge is 2.49. The maximum Gasteiger partial charge on any atom is 0.119 e. The minimum atomic E-state index is 0.408. The van der Waals surface area contributed by atoms with Crippen LogP contribution in [-0.4, -0.2) is 69.9 Å². The number of ether oxygens (including phenoxy) is 2. The lowest BCUT2D eigenvalue weighted by Gasteiger charge is -2.30. The fourth-order valence-electron chi connectivity index (χ4n) is 4.19. The molecule has 1 aromatic carbocycles. The molecule has 23 heavy (non-hydrogen) atoms. The normalized spacial score (nSPS) is 28.7. The van der Waals surface area contributed by atoms with Gasteiger partial charge in [0.15, 0.2) is 0 Å². The Morgan fingerprint density at radius 2 is 2.04 bits per heavy atom. The molecule has 1 aromatic rings. The molecule has 2 aliphatic heterocycles. The first-order valence-electron chi connectivity index (χ1n) is 8.39. The lowest BCUT2D eigenvalue weighted by Crippen LogP contribution is -2.37. The van der Waals surface area contributed by atoms with Crippen molar-refractivity contribution in [2.45, 2.75) is 6.42 Å². The molecule has 0 saturated carbocycles. The summed E-state index contributed by atoms with van der Waals surface area (Å²) >= 11 is 5.89. The highest BCUT2D eigenvalue weighted by atomic mass is 35.5. The molecule has 128 valence electrons. The van der Waals surface area contributed by atoms with Crippen LogP contribution in [0.3, 0.4) is 0 Å². The van der Waals surface area contributed by atoms with E-state index in [1.165, 1.54) is 13.0 Å². The minimum Gasteiger partial charge on any atom is -0.492 e. The molecule has 0 bridgehead atoms. The Balaban J connectivity index is 1.48. The van der Waals surface area contributed by atoms with E-state index in [4.69, 9.17) is 21.1 Å². The first-order valence-corrected chi connectivity index (χ1v) is 8.77. The van der Waals surface area contributed by atoms with Gasteiger partial charge in [-0.05, 0) is 44.3 Å². The van der Waals surface area contributed by atoms with Crippen molar-refractivity contribution in [2.24, 2.45) is 11.3 Å². The minimum absolute atomic E-state index is 0.408. The van der Waals surface area contributed by atoms with Crippen molar-refractivity contribution < 1.29 is 9.47 Å². The molecule has 2 heterocycles. The molecule has 1 spiro atoms. The Kier molecular flexibility index (Phi) is 5.47. The third kappa shape index (κ3) is 4.00. The third-order valence-corrected chi connectivity index (χ3v) is 5.56. The molecule has 0 aromatic heterocycles. The summed E-state index contributed by atoms with van der Waals surface area (Å²) in [6, 6.07) is 7.58. The van der Waals surface area contributed by atoms with Gasteiger partial charge in [-0.15, -0.1) is 0 Å². The number of nitrogens with zero attached hydrogens (tertiary/aromatic N) is 2. The lowest BCUT2D eigenvalue weighted by molar-refractivity contribution is 0.0950. The zero-order chi connectivity index (χ0) is 16.3. The van der Waals surface area contributed by atoms with Crippen LogP contribution < -0.4 is 4.74 Å². The van der Waals surface area contributed by atoms with Gasteiger partial charge in [0.25, 0.3) is 0 Å². The summed E-state index contributed by atoms with van der Waals surface area (Å²) in [5.41, 5.74) is 0.408. The summed E-state index contributed by atoms with van der Waals surface area (Å²) in [5, 5.41) is 0.744. The molecular formula is C18H27ClN2O2. The molecular weight excluding hydrogens is 312 g/mol. The van der Waals surface area contributed by atoms with Gasteiger partial charge in [-0.3, -0.25) is 4.90 Å². The zero-order valence-electron chi connectivity index (χ0n) is 14.1. The maximum absolute atomic E-state index is 5.89. The summed E-state index contributed by atoms with van der Waals surface area (Å²) in [6.45, 7) is 7.25. The first-order chi connectivity index (χ1) is 11.1. The Morgan fingerprint density at radius 1 is 1.26 bits per heavy atom. The fourth-order valence-corrected chi connectivity index (χ4v) is 4.32. The van der Waals surface area contributed by atoms with Crippen molar-refractivity contribution in [1.29, 1.82) is 0 Å². The van der Waals surface area contributed by atoms with Gasteiger partial charge in [0.05, 0.1) is 6.61 Å². The van der Waals surface area contributed by atoms with Crippen LogP contribution in [0.15, 0.2) is 24.3 Å². The standard InChI is InChI=1S/C18H27ClN2O2/c1-20-11-15(12-22-2)18(13-20)7-8-21(14-18)9-10-23-17-5-3-16(19)4-6-17/h3-6,15H,7-14H2,1-2H3/t15-,18-/m1/s1. The molecule has 2 fully saturated rings. The summed E-state index contributed by atoms with van der Waals surface area (Å²) in [6.07, 6.45) is 1.27. The van der Waals surface area contributed by atoms with Gasteiger partial charge in [-0.2, -0.15) is 0 Å².